The predicted octanol–water partition coefficient (Wildman–Crippen LogP) is 0.351. The van der Waals surface area contributed by atoms with Crippen molar-refractivity contribution in [1.82, 2.24) is 0 Å². The van der Waals surface area contributed by atoms with Gasteiger partial charge in [0, 0.05) is 12.6 Å². The minimum atomic E-state index is -0.0741. The largest absolute Gasteiger partial charge is 0.545 e. The summed E-state index contributed by atoms with van der Waals surface area (Å²) in [4.78, 5) is 15.3. The third kappa shape index (κ3) is 2.73. The minimum Gasteiger partial charge on any atom is -0.545 e. The van der Waals surface area contributed by atoms with Crippen molar-refractivity contribution in [2.75, 3.05) is 5.32 Å². The van der Waals surface area contributed by atoms with Crippen LogP contribution >= 0.6 is 0 Å². The molecule has 1 aromatic carbocycles. The Morgan fingerprint density at radius 3 is 3.17 bits per heavy atom. The smallest absolute Gasteiger partial charge is 0.474 e. The number of nitrogens with one attached hydrogen (secondary N) is 1. The third-order valence-electron chi connectivity index (χ3n) is 2.80. The molecule has 2 aliphatic heterocycles. The zero-order valence-corrected chi connectivity index (χ0v) is 10.1. The van der Waals surface area contributed by atoms with Gasteiger partial charge in [-0.05, 0) is 17.7 Å². The number of carbonyl (C=O) groups is 1. The lowest BCUT2D eigenvalue weighted by Gasteiger charge is -2.03. The summed E-state index contributed by atoms with van der Waals surface area (Å²) in [6.45, 7) is 2.14. The minimum absolute atomic E-state index is 0.0741. The van der Waals surface area contributed by atoms with Crippen molar-refractivity contribution in [1.29, 1.82) is 0 Å². The highest BCUT2D eigenvalue weighted by Crippen LogP contribution is 2.23. The second kappa shape index (κ2) is 4.49. The molecule has 18 heavy (non-hydrogen) atoms. The maximum atomic E-state index is 11.0. The first kappa shape index (κ1) is 11.3. The van der Waals surface area contributed by atoms with Gasteiger partial charge in [0.1, 0.15) is 0 Å². The lowest BCUT2D eigenvalue weighted by molar-refractivity contribution is -0.114. The number of aliphatic imine (C=N–C) groups is 1. The lowest BCUT2D eigenvalue weighted by atomic mass is 9.65. The van der Waals surface area contributed by atoms with Crippen molar-refractivity contribution >= 4 is 31.8 Å². The van der Waals surface area contributed by atoms with E-state index < -0.39 is 0 Å². The van der Waals surface area contributed by atoms with E-state index >= 15 is 0 Å². The number of amides is 1. The number of benzene rings is 1. The van der Waals surface area contributed by atoms with Crippen LogP contribution in [0.4, 0.5) is 5.69 Å². The van der Waals surface area contributed by atoms with Crippen molar-refractivity contribution in [2.24, 2.45) is 4.99 Å². The Balaban J connectivity index is 1.60. The number of nitrogens with zero attached hydrogens (tertiary/aromatic N) is 1. The van der Waals surface area contributed by atoms with Gasteiger partial charge in [0.2, 0.25) is 5.91 Å². The van der Waals surface area contributed by atoms with Crippen LogP contribution in [-0.4, -0.2) is 32.0 Å². The average Bonchev–Trinajstić information content (AvgIpc) is 3.19. The van der Waals surface area contributed by atoms with Gasteiger partial charge in [-0.2, -0.15) is 0 Å². The highest BCUT2D eigenvalue weighted by Gasteiger charge is 2.56. The quantitative estimate of drug-likeness (QED) is 0.611. The van der Waals surface area contributed by atoms with E-state index in [1.54, 1.807) is 0 Å². The fraction of sp³-hybridized carbons (Fsp3) is 0.273. The number of carbonyl (C=O) groups excluding carboxylic acids is 1. The molecule has 0 aromatic heterocycles. The lowest BCUT2D eigenvalue weighted by Crippen LogP contribution is -2.06. The molecule has 2 heterocycles. The van der Waals surface area contributed by atoms with E-state index in [0.29, 0.717) is 6.54 Å². The van der Waals surface area contributed by atoms with Crippen molar-refractivity contribution < 1.29 is 14.1 Å². The summed E-state index contributed by atoms with van der Waals surface area (Å²) in [6.07, 6.45) is 0. The molecule has 0 spiro atoms. The van der Waals surface area contributed by atoms with E-state index in [1.807, 2.05) is 24.3 Å². The van der Waals surface area contributed by atoms with Crippen LogP contribution in [0, 0.1) is 0 Å². The van der Waals surface area contributed by atoms with E-state index in [2.05, 4.69) is 10.3 Å². The summed E-state index contributed by atoms with van der Waals surface area (Å²) in [7, 11) is 0.779. The van der Waals surface area contributed by atoms with Gasteiger partial charge in [0.25, 0.3) is 7.48 Å². The topological polar surface area (TPSA) is 66.5 Å². The van der Waals surface area contributed by atoms with Crippen LogP contribution in [0.1, 0.15) is 12.5 Å². The Kier molecular flexibility index (Phi) is 2.83. The van der Waals surface area contributed by atoms with Gasteiger partial charge in [0.15, 0.2) is 5.80 Å². The van der Waals surface area contributed by atoms with E-state index in [-0.39, 0.29) is 18.7 Å². The monoisotopic (exact) mass is 242 g/mol. The summed E-state index contributed by atoms with van der Waals surface area (Å²) >= 11 is 0. The van der Waals surface area contributed by atoms with Crippen LogP contribution in [0.2, 0.25) is 0 Å². The van der Waals surface area contributed by atoms with Crippen LogP contribution in [-0.2, 0) is 20.6 Å². The van der Waals surface area contributed by atoms with Crippen LogP contribution in [0.3, 0.4) is 0 Å². The summed E-state index contributed by atoms with van der Waals surface area (Å²) in [5, 5.41) is 2.75. The number of anilines is 1. The van der Waals surface area contributed by atoms with Gasteiger partial charge in [-0.3, -0.25) is 9.79 Å². The second-order valence-corrected chi connectivity index (χ2v) is 4.45. The summed E-state index contributed by atoms with van der Waals surface area (Å²) < 4.78 is 10.4. The molecule has 1 atom stereocenters. The molecule has 90 valence electrons. The van der Waals surface area contributed by atoms with E-state index in [9.17, 15) is 4.79 Å². The summed E-state index contributed by atoms with van der Waals surface area (Å²) in [6, 6.07) is 7.64. The van der Waals surface area contributed by atoms with Crippen LogP contribution in [0.5, 0.6) is 0 Å². The molecule has 0 aliphatic carbocycles. The van der Waals surface area contributed by atoms with Crippen LogP contribution < -0.4 is 5.32 Å². The average molecular weight is 242 g/mol. The normalized spacial score (nSPS) is 22.2. The van der Waals surface area contributed by atoms with Gasteiger partial charge in [-0.15, -0.1) is 0 Å². The maximum Gasteiger partial charge on any atom is 0.474 e. The van der Waals surface area contributed by atoms with Crippen LogP contribution in [0.15, 0.2) is 29.3 Å². The summed E-state index contributed by atoms with van der Waals surface area (Å²) in [5.74, 6) is 0.937. The SMILES string of the molecule is CC(=O)Nc1cccc(C/N=C2/OB2C2BO2)c1. The number of rotatable bonds is 4. The van der Waals surface area contributed by atoms with Gasteiger partial charge >= 0.3 is 6.92 Å². The van der Waals surface area contributed by atoms with E-state index in [1.165, 1.54) is 6.92 Å². The summed E-state index contributed by atoms with van der Waals surface area (Å²) in [5.41, 5.74) is 1.83. The Hall–Kier alpha value is -1.75. The van der Waals surface area contributed by atoms with E-state index in [0.717, 1.165) is 24.5 Å². The molecule has 1 N–H and O–H groups in total. The van der Waals surface area contributed by atoms with E-state index in [4.69, 9.17) is 9.31 Å². The molecule has 2 aliphatic rings. The molecular weight excluding hydrogens is 230 g/mol. The zero-order chi connectivity index (χ0) is 12.5. The van der Waals surface area contributed by atoms with Gasteiger partial charge in [0.05, 0.1) is 12.4 Å². The van der Waals surface area contributed by atoms with Crippen molar-refractivity contribution in [3.05, 3.63) is 29.8 Å². The molecule has 0 saturated carbocycles. The molecule has 0 bridgehead atoms. The van der Waals surface area contributed by atoms with Gasteiger partial charge in [-0.1, -0.05) is 12.1 Å². The number of hydrogen-bond acceptors (Lipinski definition) is 4. The Morgan fingerprint density at radius 2 is 2.44 bits per heavy atom. The van der Waals surface area contributed by atoms with Gasteiger partial charge < -0.3 is 14.6 Å². The molecule has 0 radical (unpaired) electrons. The molecular formula is C11H12B2N2O3. The van der Waals surface area contributed by atoms with Crippen molar-refractivity contribution in [3.8, 4) is 0 Å². The highest BCUT2D eigenvalue weighted by molar-refractivity contribution is 7.04. The molecule has 7 heteroatoms. The Morgan fingerprint density at radius 1 is 1.61 bits per heavy atom. The first-order chi connectivity index (χ1) is 8.72. The fourth-order valence-electron chi connectivity index (χ4n) is 1.81. The van der Waals surface area contributed by atoms with Crippen molar-refractivity contribution in [2.45, 2.75) is 19.4 Å². The maximum absolute atomic E-state index is 11.0. The molecule has 1 amide bonds. The standard InChI is InChI=1S/C11H12B2N2O3/c1-7(16)15-9-4-2-3-8(5-9)6-14-11-13(18-11)10-12-17-10/h2-5,10,12H,6H2,1H3,(H,15,16)/b14-11+. The van der Waals surface area contributed by atoms with Crippen molar-refractivity contribution in [3.63, 3.8) is 0 Å². The van der Waals surface area contributed by atoms with Gasteiger partial charge in [-0.25, -0.2) is 0 Å². The Labute approximate surface area is 106 Å². The highest BCUT2D eigenvalue weighted by atomic mass is 16.6. The number of hydrogen-bond donors (Lipinski definition) is 1. The molecule has 3 rings (SSSR count). The second-order valence-electron chi connectivity index (χ2n) is 4.45. The fourth-order valence-corrected chi connectivity index (χ4v) is 1.81. The predicted molar refractivity (Wildman–Crippen MR) is 70.7 cm³/mol. The van der Waals surface area contributed by atoms with Crippen LogP contribution in [0.25, 0.3) is 0 Å². The zero-order valence-electron chi connectivity index (χ0n) is 10.1. The molecule has 1 aromatic rings. The Bertz CT molecular complexity index is 517. The molecule has 1 unspecified atom stereocenters. The molecule has 5 nitrogen and oxygen atoms in total. The first-order valence-electron chi connectivity index (χ1n) is 5.91. The third-order valence-corrected chi connectivity index (χ3v) is 2.80. The first-order valence-corrected chi connectivity index (χ1v) is 5.91. The molecule has 2 fully saturated rings. The molecule has 2 saturated heterocycles.